The predicted molar refractivity (Wildman–Crippen MR) is 87.5 cm³/mol. The van der Waals surface area contributed by atoms with Crippen LogP contribution in [0, 0.1) is 0 Å². The van der Waals surface area contributed by atoms with E-state index >= 15 is 0 Å². The van der Waals surface area contributed by atoms with E-state index in [4.69, 9.17) is 9.94 Å². The van der Waals surface area contributed by atoms with Crippen molar-refractivity contribution in [2.24, 2.45) is 0 Å². The van der Waals surface area contributed by atoms with Gasteiger partial charge in [-0.1, -0.05) is 0 Å². The van der Waals surface area contributed by atoms with E-state index in [2.05, 4.69) is 0 Å². The molecule has 1 aromatic heterocycles. The molecule has 0 aliphatic carbocycles. The van der Waals surface area contributed by atoms with Gasteiger partial charge < -0.3 is 4.74 Å². The zero-order chi connectivity index (χ0) is 17.3. The summed E-state index contributed by atoms with van der Waals surface area (Å²) in [7, 11) is -2.41. The Balaban J connectivity index is 2.01. The van der Waals surface area contributed by atoms with Gasteiger partial charge in [-0.15, -0.1) is 0 Å². The molecule has 0 saturated carbocycles. The largest absolute Gasteiger partial charge is 0.497 e. The number of thiophene rings is 1. The lowest BCUT2D eigenvalue weighted by Gasteiger charge is -2.33. The van der Waals surface area contributed by atoms with Gasteiger partial charge in [-0.3, -0.25) is 10.0 Å². The first kappa shape index (κ1) is 16.9. The van der Waals surface area contributed by atoms with Crippen LogP contribution in [0.25, 0.3) is 0 Å². The number of amides is 1. The molecule has 2 N–H and O–H groups in total. The SMILES string of the molecule is COc1ccc(S(=O)(=O)N2Cc3cscc3CC2C(=O)NO)cc1. The Morgan fingerprint density at radius 3 is 2.58 bits per heavy atom. The van der Waals surface area contributed by atoms with Crippen LogP contribution in [-0.4, -0.2) is 37.0 Å². The van der Waals surface area contributed by atoms with Crippen molar-refractivity contribution in [1.82, 2.24) is 9.79 Å². The summed E-state index contributed by atoms with van der Waals surface area (Å²) in [5, 5.41) is 12.7. The molecule has 0 radical (unpaired) electrons. The van der Waals surface area contributed by atoms with Crippen LogP contribution < -0.4 is 10.2 Å². The minimum Gasteiger partial charge on any atom is -0.497 e. The molecule has 1 unspecified atom stereocenters. The minimum absolute atomic E-state index is 0.0673. The van der Waals surface area contributed by atoms with Gasteiger partial charge in [-0.05, 0) is 52.6 Å². The summed E-state index contributed by atoms with van der Waals surface area (Å²) in [6, 6.07) is 4.97. The third-order valence-corrected chi connectivity index (χ3v) is 6.71. The van der Waals surface area contributed by atoms with Crippen molar-refractivity contribution >= 4 is 27.3 Å². The fraction of sp³-hybridized carbons (Fsp3) is 0.267. The van der Waals surface area contributed by atoms with Crippen LogP contribution in [0.3, 0.4) is 0 Å². The van der Waals surface area contributed by atoms with E-state index in [1.165, 1.54) is 30.6 Å². The molecule has 1 aliphatic heterocycles. The molecule has 1 aliphatic rings. The lowest BCUT2D eigenvalue weighted by molar-refractivity contribution is -0.133. The van der Waals surface area contributed by atoms with Gasteiger partial charge in [-0.25, -0.2) is 13.9 Å². The third kappa shape index (κ3) is 2.91. The monoisotopic (exact) mass is 368 g/mol. The summed E-state index contributed by atoms with van der Waals surface area (Å²) in [6.45, 7) is 0.0886. The van der Waals surface area contributed by atoms with Gasteiger partial charge in [0.05, 0.1) is 12.0 Å². The Hall–Kier alpha value is -1.94. The lowest BCUT2D eigenvalue weighted by Crippen LogP contribution is -2.51. The van der Waals surface area contributed by atoms with Crippen molar-refractivity contribution < 1.29 is 23.2 Å². The van der Waals surface area contributed by atoms with Gasteiger partial charge in [0.15, 0.2) is 0 Å². The molecule has 128 valence electrons. The Labute approximate surface area is 143 Å². The number of carbonyl (C=O) groups excluding carboxylic acids is 1. The Morgan fingerprint density at radius 2 is 1.96 bits per heavy atom. The summed E-state index contributed by atoms with van der Waals surface area (Å²) < 4.78 is 32.1. The smallest absolute Gasteiger partial charge is 0.262 e. The molecule has 1 aromatic carbocycles. The second-order valence-electron chi connectivity index (χ2n) is 5.34. The fourth-order valence-electron chi connectivity index (χ4n) is 2.69. The van der Waals surface area contributed by atoms with Gasteiger partial charge in [0.2, 0.25) is 10.0 Å². The number of carbonyl (C=O) groups is 1. The van der Waals surface area contributed by atoms with Crippen LogP contribution in [0.5, 0.6) is 5.75 Å². The average molecular weight is 368 g/mol. The fourth-order valence-corrected chi connectivity index (χ4v) is 5.12. The number of ether oxygens (including phenoxy) is 1. The zero-order valence-corrected chi connectivity index (χ0v) is 14.4. The lowest BCUT2D eigenvalue weighted by atomic mass is 10.00. The number of nitrogens with one attached hydrogen (secondary N) is 1. The molecule has 2 aromatic rings. The van der Waals surface area contributed by atoms with Gasteiger partial charge in [-0.2, -0.15) is 15.6 Å². The number of sulfonamides is 1. The molecule has 0 bridgehead atoms. The maximum atomic E-state index is 13.0. The normalized spacial score (nSPS) is 18.0. The summed E-state index contributed by atoms with van der Waals surface area (Å²) in [4.78, 5) is 12.1. The number of benzene rings is 1. The summed E-state index contributed by atoms with van der Waals surface area (Å²) in [6.07, 6.45) is 0.223. The number of fused-ring (bicyclic) bond motifs is 1. The van der Waals surface area contributed by atoms with Gasteiger partial charge in [0, 0.05) is 6.54 Å². The second-order valence-corrected chi connectivity index (χ2v) is 7.98. The number of hydroxylamine groups is 1. The molecule has 2 heterocycles. The third-order valence-electron chi connectivity index (χ3n) is 4.00. The molecule has 0 fully saturated rings. The van der Waals surface area contributed by atoms with Gasteiger partial charge in [0.25, 0.3) is 5.91 Å². The predicted octanol–water partition coefficient (Wildman–Crippen LogP) is 1.38. The van der Waals surface area contributed by atoms with Crippen LogP contribution >= 0.6 is 11.3 Å². The quantitative estimate of drug-likeness (QED) is 0.628. The topological polar surface area (TPSA) is 95.9 Å². The van der Waals surface area contributed by atoms with E-state index in [0.717, 1.165) is 15.4 Å². The highest BCUT2D eigenvalue weighted by molar-refractivity contribution is 7.89. The minimum atomic E-state index is -3.90. The van der Waals surface area contributed by atoms with Crippen LogP contribution in [-0.2, 0) is 27.8 Å². The van der Waals surface area contributed by atoms with Gasteiger partial charge in [0.1, 0.15) is 11.8 Å². The van der Waals surface area contributed by atoms with Crippen LogP contribution in [0.4, 0.5) is 0 Å². The number of nitrogens with zero attached hydrogens (tertiary/aromatic N) is 1. The average Bonchev–Trinajstić information content (AvgIpc) is 3.07. The van der Waals surface area contributed by atoms with Crippen LogP contribution in [0.2, 0.25) is 0 Å². The molecule has 7 nitrogen and oxygen atoms in total. The number of methoxy groups -OCH3 is 1. The standard InChI is InChI=1S/C15H16N2O5S2/c1-22-12-2-4-13(5-3-12)24(20,21)17-7-11-9-23-8-10(11)6-14(17)15(18)16-19/h2-5,8-9,14,19H,6-7H2,1H3,(H,16,18). The molecular formula is C15H16N2O5S2. The first-order valence-electron chi connectivity index (χ1n) is 7.11. The molecule has 3 rings (SSSR count). The van der Waals surface area contributed by atoms with Gasteiger partial charge >= 0.3 is 0 Å². The maximum absolute atomic E-state index is 13.0. The first-order valence-corrected chi connectivity index (χ1v) is 9.49. The van der Waals surface area contributed by atoms with Crippen molar-refractivity contribution in [3.63, 3.8) is 0 Å². The van der Waals surface area contributed by atoms with E-state index in [0.29, 0.717) is 5.75 Å². The Morgan fingerprint density at radius 1 is 1.29 bits per heavy atom. The van der Waals surface area contributed by atoms with Crippen LogP contribution in [0.1, 0.15) is 11.1 Å². The molecule has 1 amide bonds. The summed E-state index contributed by atoms with van der Waals surface area (Å²) >= 11 is 1.46. The molecular weight excluding hydrogens is 352 g/mol. The molecule has 1 atom stereocenters. The van der Waals surface area contributed by atoms with Crippen molar-refractivity contribution in [2.45, 2.75) is 23.9 Å². The molecule has 0 spiro atoms. The first-order chi connectivity index (χ1) is 11.5. The van der Waals surface area contributed by atoms with Crippen molar-refractivity contribution in [3.05, 3.63) is 46.2 Å². The van der Waals surface area contributed by atoms with Crippen molar-refractivity contribution in [3.8, 4) is 5.75 Å². The van der Waals surface area contributed by atoms with E-state index in [1.54, 1.807) is 17.6 Å². The maximum Gasteiger partial charge on any atom is 0.262 e. The molecule has 9 heteroatoms. The van der Waals surface area contributed by atoms with E-state index in [-0.39, 0.29) is 17.9 Å². The Bertz CT molecular complexity index is 845. The number of hydrogen-bond donors (Lipinski definition) is 2. The van der Waals surface area contributed by atoms with Crippen molar-refractivity contribution in [1.29, 1.82) is 0 Å². The van der Waals surface area contributed by atoms with E-state index in [1.807, 2.05) is 10.8 Å². The highest BCUT2D eigenvalue weighted by Crippen LogP contribution is 2.31. The molecule has 0 saturated heterocycles. The molecule has 24 heavy (non-hydrogen) atoms. The Kier molecular flexibility index (Phi) is 4.59. The van der Waals surface area contributed by atoms with Crippen LogP contribution in [0.15, 0.2) is 39.9 Å². The zero-order valence-electron chi connectivity index (χ0n) is 12.8. The van der Waals surface area contributed by atoms with E-state index in [9.17, 15) is 13.2 Å². The summed E-state index contributed by atoms with van der Waals surface area (Å²) in [5.41, 5.74) is 3.37. The second kappa shape index (κ2) is 6.52. The number of rotatable bonds is 4. The highest BCUT2D eigenvalue weighted by atomic mass is 32.2. The summed E-state index contributed by atoms with van der Waals surface area (Å²) in [5.74, 6) is -0.207. The van der Waals surface area contributed by atoms with E-state index < -0.39 is 22.0 Å². The highest BCUT2D eigenvalue weighted by Gasteiger charge is 2.39. The van der Waals surface area contributed by atoms with Crippen molar-refractivity contribution in [2.75, 3.05) is 7.11 Å². The number of hydrogen-bond acceptors (Lipinski definition) is 6.